The van der Waals surface area contributed by atoms with Crippen LogP contribution in [-0.2, 0) is 6.42 Å². The predicted octanol–water partition coefficient (Wildman–Crippen LogP) is 4.01. The van der Waals surface area contributed by atoms with Crippen LogP contribution in [0.15, 0.2) is 42.5 Å². The quantitative estimate of drug-likeness (QED) is 0.859. The minimum absolute atomic E-state index is 0.485. The van der Waals surface area contributed by atoms with Gasteiger partial charge in [-0.1, -0.05) is 42.8 Å². The first-order valence-electron chi connectivity index (χ1n) is 7.18. The zero-order valence-electron chi connectivity index (χ0n) is 12.5. The van der Waals surface area contributed by atoms with Crippen LogP contribution in [-0.4, -0.2) is 11.7 Å². The van der Waals surface area contributed by atoms with Crippen LogP contribution in [0.2, 0.25) is 0 Å². The lowest BCUT2D eigenvalue weighted by atomic mass is 10.0. The molecule has 2 rings (SSSR count). The summed E-state index contributed by atoms with van der Waals surface area (Å²) in [5.74, 6) is 0. The first-order chi connectivity index (χ1) is 9.60. The molecule has 0 bridgehead atoms. The van der Waals surface area contributed by atoms with Crippen molar-refractivity contribution in [3.8, 4) is 0 Å². The Morgan fingerprint density at radius 3 is 2.35 bits per heavy atom. The number of hydrogen-bond donors (Lipinski definition) is 2. The van der Waals surface area contributed by atoms with Gasteiger partial charge in [0.2, 0.25) is 0 Å². The molecule has 20 heavy (non-hydrogen) atoms. The van der Waals surface area contributed by atoms with Gasteiger partial charge in [-0.3, -0.25) is 0 Å². The second-order valence-corrected chi connectivity index (χ2v) is 5.31. The van der Waals surface area contributed by atoms with E-state index in [0.29, 0.717) is 6.54 Å². The molecule has 0 saturated heterocycles. The minimum atomic E-state index is -0.485. The molecule has 0 spiro atoms. The second-order valence-electron chi connectivity index (χ2n) is 5.31. The Bertz CT molecular complexity index is 560. The molecule has 0 amide bonds. The Morgan fingerprint density at radius 1 is 1.05 bits per heavy atom. The van der Waals surface area contributed by atoms with Gasteiger partial charge in [0.1, 0.15) is 0 Å². The topological polar surface area (TPSA) is 32.3 Å². The molecule has 0 heterocycles. The summed E-state index contributed by atoms with van der Waals surface area (Å²) in [5.41, 5.74) is 5.73. The van der Waals surface area contributed by atoms with Gasteiger partial charge in [0.05, 0.1) is 6.10 Å². The van der Waals surface area contributed by atoms with Crippen molar-refractivity contribution in [2.45, 2.75) is 33.3 Å². The number of benzene rings is 2. The van der Waals surface area contributed by atoms with Crippen molar-refractivity contribution in [3.05, 3.63) is 64.7 Å². The van der Waals surface area contributed by atoms with Crippen molar-refractivity contribution < 1.29 is 5.11 Å². The van der Waals surface area contributed by atoms with Crippen molar-refractivity contribution in [3.63, 3.8) is 0 Å². The van der Waals surface area contributed by atoms with Crippen LogP contribution in [0.4, 0.5) is 5.69 Å². The first kappa shape index (κ1) is 14.6. The maximum Gasteiger partial charge on any atom is 0.0964 e. The highest BCUT2D eigenvalue weighted by Gasteiger charge is 2.10. The summed E-state index contributed by atoms with van der Waals surface area (Å²) in [7, 11) is 0. The molecule has 2 aromatic carbocycles. The van der Waals surface area contributed by atoms with E-state index < -0.39 is 6.10 Å². The normalized spacial score (nSPS) is 12.2. The zero-order chi connectivity index (χ0) is 14.5. The summed E-state index contributed by atoms with van der Waals surface area (Å²) in [4.78, 5) is 0. The van der Waals surface area contributed by atoms with E-state index in [1.165, 1.54) is 11.1 Å². The van der Waals surface area contributed by atoms with Gasteiger partial charge in [-0.05, 0) is 49.1 Å². The molecule has 0 aliphatic carbocycles. The van der Waals surface area contributed by atoms with Gasteiger partial charge in [-0.2, -0.15) is 0 Å². The van der Waals surface area contributed by atoms with Gasteiger partial charge >= 0.3 is 0 Å². The van der Waals surface area contributed by atoms with E-state index in [1.54, 1.807) is 0 Å². The maximum atomic E-state index is 10.3. The zero-order valence-corrected chi connectivity index (χ0v) is 12.5. The molecule has 1 unspecified atom stereocenters. The maximum absolute atomic E-state index is 10.3. The number of nitrogens with one attached hydrogen (secondary N) is 1. The van der Waals surface area contributed by atoms with Crippen molar-refractivity contribution in [2.75, 3.05) is 11.9 Å². The van der Waals surface area contributed by atoms with E-state index >= 15 is 0 Å². The molecule has 2 heteroatoms. The third kappa shape index (κ3) is 3.61. The number of anilines is 1. The molecule has 0 aliphatic rings. The third-order valence-electron chi connectivity index (χ3n) is 3.65. The Labute approximate surface area is 121 Å². The fourth-order valence-electron chi connectivity index (χ4n) is 2.38. The second kappa shape index (κ2) is 6.58. The van der Waals surface area contributed by atoms with Crippen LogP contribution in [0, 0.1) is 13.8 Å². The van der Waals surface area contributed by atoms with Crippen LogP contribution < -0.4 is 5.32 Å². The molecular formula is C18H23NO. The number of aliphatic hydroxyl groups is 1. The Balaban J connectivity index is 1.98. The Hall–Kier alpha value is -1.80. The molecule has 0 saturated carbocycles. The fourth-order valence-corrected chi connectivity index (χ4v) is 2.38. The molecule has 2 aromatic rings. The van der Waals surface area contributed by atoms with E-state index in [4.69, 9.17) is 0 Å². The van der Waals surface area contributed by atoms with Crippen molar-refractivity contribution in [1.29, 1.82) is 0 Å². The van der Waals surface area contributed by atoms with Crippen molar-refractivity contribution in [1.82, 2.24) is 0 Å². The van der Waals surface area contributed by atoms with Crippen molar-refractivity contribution in [2.24, 2.45) is 0 Å². The Morgan fingerprint density at radius 2 is 1.75 bits per heavy atom. The van der Waals surface area contributed by atoms with E-state index in [1.807, 2.05) is 19.1 Å². The lowest BCUT2D eigenvalue weighted by Gasteiger charge is -2.16. The van der Waals surface area contributed by atoms with E-state index in [2.05, 4.69) is 49.5 Å². The standard InChI is InChI=1S/C18H23NO/c1-4-15-6-8-16(9-7-15)19-12-18(20)17-10-5-13(2)11-14(17)3/h5-11,18-20H,4,12H2,1-3H3. The average molecular weight is 269 g/mol. The summed E-state index contributed by atoms with van der Waals surface area (Å²) in [6.07, 6.45) is 0.562. The highest BCUT2D eigenvalue weighted by atomic mass is 16.3. The van der Waals surface area contributed by atoms with E-state index in [9.17, 15) is 5.11 Å². The third-order valence-corrected chi connectivity index (χ3v) is 3.65. The molecular weight excluding hydrogens is 246 g/mol. The minimum Gasteiger partial charge on any atom is -0.387 e. The fraction of sp³-hybridized carbons (Fsp3) is 0.333. The molecule has 0 fully saturated rings. The van der Waals surface area contributed by atoms with Crippen LogP contribution >= 0.6 is 0 Å². The Kier molecular flexibility index (Phi) is 4.80. The monoisotopic (exact) mass is 269 g/mol. The summed E-state index contributed by atoms with van der Waals surface area (Å²) >= 11 is 0. The van der Waals surface area contributed by atoms with Crippen molar-refractivity contribution >= 4 is 5.69 Å². The predicted molar refractivity (Wildman–Crippen MR) is 85.2 cm³/mol. The summed E-state index contributed by atoms with van der Waals surface area (Å²) in [6, 6.07) is 14.5. The molecule has 0 aliphatic heterocycles. The molecule has 1 atom stereocenters. The highest BCUT2D eigenvalue weighted by molar-refractivity contribution is 5.45. The van der Waals surface area contributed by atoms with E-state index in [-0.39, 0.29) is 0 Å². The van der Waals surface area contributed by atoms with Crippen LogP contribution in [0.5, 0.6) is 0 Å². The van der Waals surface area contributed by atoms with Gasteiger partial charge in [0, 0.05) is 12.2 Å². The molecule has 106 valence electrons. The molecule has 2 nitrogen and oxygen atoms in total. The van der Waals surface area contributed by atoms with Gasteiger partial charge in [0.15, 0.2) is 0 Å². The summed E-state index contributed by atoms with van der Waals surface area (Å²) in [6.45, 7) is 6.78. The van der Waals surface area contributed by atoms with Gasteiger partial charge < -0.3 is 10.4 Å². The molecule has 0 aromatic heterocycles. The van der Waals surface area contributed by atoms with Crippen LogP contribution in [0.25, 0.3) is 0 Å². The summed E-state index contributed by atoms with van der Waals surface area (Å²) in [5, 5.41) is 13.6. The number of rotatable bonds is 5. The molecule has 2 N–H and O–H groups in total. The highest BCUT2D eigenvalue weighted by Crippen LogP contribution is 2.20. The van der Waals surface area contributed by atoms with Crippen LogP contribution in [0.1, 0.15) is 35.3 Å². The average Bonchev–Trinajstić information content (AvgIpc) is 2.45. The lowest BCUT2D eigenvalue weighted by molar-refractivity contribution is 0.191. The van der Waals surface area contributed by atoms with Crippen LogP contribution in [0.3, 0.4) is 0 Å². The van der Waals surface area contributed by atoms with Gasteiger partial charge in [0.25, 0.3) is 0 Å². The van der Waals surface area contributed by atoms with Gasteiger partial charge in [-0.15, -0.1) is 0 Å². The lowest BCUT2D eigenvalue weighted by Crippen LogP contribution is -2.13. The summed E-state index contributed by atoms with van der Waals surface area (Å²) < 4.78 is 0. The van der Waals surface area contributed by atoms with Gasteiger partial charge in [-0.25, -0.2) is 0 Å². The largest absolute Gasteiger partial charge is 0.387 e. The SMILES string of the molecule is CCc1ccc(NCC(O)c2ccc(C)cc2C)cc1. The molecule has 0 radical (unpaired) electrons. The van der Waals surface area contributed by atoms with E-state index in [0.717, 1.165) is 23.2 Å². The first-order valence-corrected chi connectivity index (χ1v) is 7.18. The smallest absolute Gasteiger partial charge is 0.0964 e. The number of aliphatic hydroxyl groups excluding tert-OH is 1. The number of hydrogen-bond acceptors (Lipinski definition) is 2. The number of aryl methyl sites for hydroxylation is 3.